The van der Waals surface area contributed by atoms with Crippen LogP contribution >= 0.6 is 0 Å². The SMILES string of the molecule is CC(CN1CCN(C)CC1)N1CCNCC1. The molecule has 2 aliphatic rings. The molecule has 1 atom stereocenters. The van der Waals surface area contributed by atoms with Gasteiger partial charge in [-0.25, -0.2) is 0 Å². The maximum absolute atomic E-state index is 3.42. The Hall–Kier alpha value is -0.160. The lowest BCUT2D eigenvalue weighted by molar-refractivity contribution is 0.0995. The fraction of sp³-hybridized carbons (Fsp3) is 1.00. The topological polar surface area (TPSA) is 21.8 Å². The number of likely N-dealkylation sites (N-methyl/N-ethyl adjacent to an activating group) is 1. The van der Waals surface area contributed by atoms with Crippen molar-refractivity contribution in [1.29, 1.82) is 0 Å². The molecular formula is C12H26N4. The highest BCUT2D eigenvalue weighted by Crippen LogP contribution is 2.06. The maximum atomic E-state index is 3.42. The molecule has 1 N–H and O–H groups in total. The largest absolute Gasteiger partial charge is 0.314 e. The van der Waals surface area contributed by atoms with Crippen molar-refractivity contribution < 1.29 is 0 Å². The highest BCUT2D eigenvalue weighted by Gasteiger charge is 2.20. The minimum absolute atomic E-state index is 0.713. The molecule has 0 aromatic rings. The molecule has 2 fully saturated rings. The lowest BCUT2D eigenvalue weighted by atomic mass is 10.2. The summed E-state index contributed by atoms with van der Waals surface area (Å²) in [5.41, 5.74) is 0. The number of hydrogen-bond donors (Lipinski definition) is 1. The van der Waals surface area contributed by atoms with E-state index >= 15 is 0 Å². The lowest BCUT2D eigenvalue weighted by Crippen LogP contribution is -2.53. The minimum atomic E-state index is 0.713. The van der Waals surface area contributed by atoms with E-state index in [1.54, 1.807) is 0 Å². The zero-order valence-corrected chi connectivity index (χ0v) is 10.8. The number of piperazine rings is 2. The van der Waals surface area contributed by atoms with Crippen LogP contribution in [0.4, 0.5) is 0 Å². The predicted octanol–water partition coefficient (Wildman–Crippen LogP) is -0.472. The van der Waals surface area contributed by atoms with Crippen molar-refractivity contribution in [2.75, 3.05) is 66.0 Å². The molecule has 0 amide bonds. The summed E-state index contributed by atoms with van der Waals surface area (Å²) < 4.78 is 0. The summed E-state index contributed by atoms with van der Waals surface area (Å²) in [6, 6.07) is 0.713. The molecule has 1 unspecified atom stereocenters. The molecule has 4 heteroatoms. The van der Waals surface area contributed by atoms with Crippen LogP contribution in [0.15, 0.2) is 0 Å². The number of rotatable bonds is 3. The van der Waals surface area contributed by atoms with Crippen molar-refractivity contribution in [3.8, 4) is 0 Å². The summed E-state index contributed by atoms with van der Waals surface area (Å²) >= 11 is 0. The van der Waals surface area contributed by atoms with E-state index in [0.29, 0.717) is 6.04 Å². The van der Waals surface area contributed by atoms with Gasteiger partial charge in [-0.15, -0.1) is 0 Å². The Balaban J connectivity index is 1.71. The molecule has 0 spiro atoms. The lowest BCUT2D eigenvalue weighted by Gasteiger charge is -2.38. The summed E-state index contributed by atoms with van der Waals surface area (Å²) in [6.45, 7) is 13.3. The molecule has 0 aliphatic carbocycles. The van der Waals surface area contributed by atoms with Gasteiger partial charge in [0.05, 0.1) is 0 Å². The number of nitrogens with one attached hydrogen (secondary N) is 1. The van der Waals surface area contributed by atoms with E-state index < -0.39 is 0 Å². The van der Waals surface area contributed by atoms with Crippen LogP contribution in [-0.4, -0.2) is 86.7 Å². The molecule has 2 aliphatic heterocycles. The van der Waals surface area contributed by atoms with Gasteiger partial charge in [0.2, 0.25) is 0 Å². The monoisotopic (exact) mass is 226 g/mol. The maximum Gasteiger partial charge on any atom is 0.0195 e. The quantitative estimate of drug-likeness (QED) is 0.702. The summed E-state index contributed by atoms with van der Waals surface area (Å²) in [5, 5.41) is 3.42. The summed E-state index contributed by atoms with van der Waals surface area (Å²) in [7, 11) is 2.22. The van der Waals surface area contributed by atoms with E-state index in [0.717, 1.165) is 13.1 Å². The molecule has 2 heterocycles. The molecule has 0 radical (unpaired) electrons. The summed E-state index contributed by atoms with van der Waals surface area (Å²) in [4.78, 5) is 7.66. The Labute approximate surface area is 99.6 Å². The molecule has 94 valence electrons. The average molecular weight is 226 g/mol. The molecule has 0 saturated carbocycles. The number of nitrogens with zero attached hydrogens (tertiary/aromatic N) is 3. The predicted molar refractivity (Wildman–Crippen MR) is 67.8 cm³/mol. The Morgan fingerprint density at radius 3 is 2.25 bits per heavy atom. The standard InChI is InChI=1S/C12H26N4/c1-12(16-5-3-13-4-6-16)11-15-9-7-14(2)8-10-15/h12-13H,3-11H2,1-2H3. The first-order valence-corrected chi connectivity index (χ1v) is 6.61. The first-order valence-electron chi connectivity index (χ1n) is 6.61. The van der Waals surface area contributed by atoms with E-state index in [4.69, 9.17) is 0 Å². The van der Waals surface area contributed by atoms with Gasteiger partial charge >= 0.3 is 0 Å². The van der Waals surface area contributed by atoms with E-state index in [1.165, 1.54) is 45.8 Å². The fourth-order valence-electron chi connectivity index (χ4n) is 2.64. The zero-order valence-electron chi connectivity index (χ0n) is 10.8. The third-order valence-electron chi connectivity index (χ3n) is 3.89. The van der Waals surface area contributed by atoms with Crippen molar-refractivity contribution in [2.24, 2.45) is 0 Å². The van der Waals surface area contributed by atoms with E-state index in [2.05, 4.69) is 34.0 Å². The Bertz CT molecular complexity index is 195. The normalized spacial score (nSPS) is 28.1. The Kier molecular flexibility index (Phi) is 4.58. The first kappa shape index (κ1) is 12.3. The molecule has 0 aromatic carbocycles. The van der Waals surface area contributed by atoms with Crippen molar-refractivity contribution in [3.05, 3.63) is 0 Å². The van der Waals surface area contributed by atoms with Gasteiger partial charge in [-0.2, -0.15) is 0 Å². The second-order valence-corrected chi connectivity index (χ2v) is 5.24. The molecule has 16 heavy (non-hydrogen) atoms. The molecule has 4 nitrogen and oxygen atoms in total. The second kappa shape index (κ2) is 5.96. The van der Waals surface area contributed by atoms with Crippen LogP contribution in [0, 0.1) is 0 Å². The fourth-order valence-corrected chi connectivity index (χ4v) is 2.64. The van der Waals surface area contributed by atoms with Crippen LogP contribution in [0.5, 0.6) is 0 Å². The summed E-state index contributed by atoms with van der Waals surface area (Å²) in [5.74, 6) is 0. The van der Waals surface area contributed by atoms with Crippen LogP contribution in [0.25, 0.3) is 0 Å². The van der Waals surface area contributed by atoms with Crippen molar-refractivity contribution in [1.82, 2.24) is 20.0 Å². The van der Waals surface area contributed by atoms with Crippen LogP contribution < -0.4 is 5.32 Å². The van der Waals surface area contributed by atoms with Crippen LogP contribution in [-0.2, 0) is 0 Å². The van der Waals surface area contributed by atoms with Gasteiger partial charge < -0.3 is 10.2 Å². The van der Waals surface area contributed by atoms with Crippen molar-refractivity contribution in [2.45, 2.75) is 13.0 Å². The van der Waals surface area contributed by atoms with Crippen LogP contribution in [0.3, 0.4) is 0 Å². The van der Waals surface area contributed by atoms with E-state index in [9.17, 15) is 0 Å². The van der Waals surface area contributed by atoms with Gasteiger partial charge in [0.25, 0.3) is 0 Å². The van der Waals surface area contributed by atoms with Gasteiger partial charge in [0, 0.05) is 64.9 Å². The van der Waals surface area contributed by atoms with Crippen LogP contribution in [0.1, 0.15) is 6.92 Å². The van der Waals surface area contributed by atoms with Crippen molar-refractivity contribution in [3.63, 3.8) is 0 Å². The van der Waals surface area contributed by atoms with Gasteiger partial charge in [0.1, 0.15) is 0 Å². The highest BCUT2D eigenvalue weighted by atomic mass is 15.3. The van der Waals surface area contributed by atoms with Gasteiger partial charge in [-0.3, -0.25) is 9.80 Å². The third kappa shape index (κ3) is 3.42. The second-order valence-electron chi connectivity index (χ2n) is 5.24. The molecule has 0 aromatic heterocycles. The Morgan fingerprint density at radius 1 is 1.00 bits per heavy atom. The highest BCUT2D eigenvalue weighted by molar-refractivity contribution is 4.78. The third-order valence-corrected chi connectivity index (χ3v) is 3.89. The van der Waals surface area contributed by atoms with Gasteiger partial charge in [-0.05, 0) is 14.0 Å². The first-order chi connectivity index (χ1) is 7.75. The van der Waals surface area contributed by atoms with E-state index in [-0.39, 0.29) is 0 Å². The summed E-state index contributed by atoms with van der Waals surface area (Å²) in [6.07, 6.45) is 0. The Morgan fingerprint density at radius 2 is 1.62 bits per heavy atom. The van der Waals surface area contributed by atoms with Crippen LogP contribution in [0.2, 0.25) is 0 Å². The van der Waals surface area contributed by atoms with Crippen molar-refractivity contribution >= 4 is 0 Å². The minimum Gasteiger partial charge on any atom is -0.314 e. The molecule has 0 bridgehead atoms. The average Bonchev–Trinajstić information content (AvgIpc) is 2.33. The van der Waals surface area contributed by atoms with Gasteiger partial charge in [0.15, 0.2) is 0 Å². The molecular weight excluding hydrogens is 200 g/mol. The smallest absolute Gasteiger partial charge is 0.0195 e. The molecule has 2 saturated heterocycles. The molecule has 2 rings (SSSR count). The van der Waals surface area contributed by atoms with Gasteiger partial charge in [-0.1, -0.05) is 0 Å². The number of hydrogen-bond acceptors (Lipinski definition) is 4. The zero-order chi connectivity index (χ0) is 11.4. The van der Waals surface area contributed by atoms with E-state index in [1.807, 2.05) is 0 Å².